The molecular weight excluding hydrogens is 229 g/mol. The van der Waals surface area contributed by atoms with E-state index in [-0.39, 0.29) is 17.2 Å². The summed E-state index contributed by atoms with van der Waals surface area (Å²) in [5.41, 5.74) is 0.392. The zero-order chi connectivity index (χ0) is 12.2. The van der Waals surface area contributed by atoms with Crippen molar-refractivity contribution >= 4 is 9.84 Å². The molecule has 0 aliphatic carbocycles. The minimum Gasteiger partial charge on any atom is -0.317 e. The topological polar surface area (TPSA) is 46.2 Å². The Balaban J connectivity index is 3.05. The van der Waals surface area contributed by atoms with E-state index in [1.165, 1.54) is 12.1 Å². The third-order valence-corrected chi connectivity index (χ3v) is 4.07. The van der Waals surface area contributed by atoms with Gasteiger partial charge in [0, 0.05) is 6.54 Å². The third-order valence-electron chi connectivity index (χ3n) is 2.34. The lowest BCUT2D eigenvalue weighted by atomic mass is 10.1. The van der Waals surface area contributed by atoms with Crippen LogP contribution >= 0.6 is 0 Å². The molecule has 0 aliphatic rings. The maximum Gasteiger partial charge on any atom is 0.178 e. The second-order valence-electron chi connectivity index (χ2n) is 3.50. The number of hydrogen-bond acceptors (Lipinski definition) is 3. The molecule has 0 heterocycles. The Hall–Kier alpha value is -0.940. The van der Waals surface area contributed by atoms with Gasteiger partial charge in [0.1, 0.15) is 6.17 Å². The normalized spacial score (nSPS) is 13.7. The van der Waals surface area contributed by atoms with Gasteiger partial charge < -0.3 is 5.32 Å². The van der Waals surface area contributed by atoms with Gasteiger partial charge in [-0.15, -0.1) is 0 Å². The van der Waals surface area contributed by atoms with Crippen LogP contribution in [0.5, 0.6) is 0 Å². The molecule has 1 aromatic carbocycles. The summed E-state index contributed by atoms with van der Waals surface area (Å²) in [6.07, 6.45) is -1.18. The maximum absolute atomic E-state index is 13.6. The molecule has 0 radical (unpaired) electrons. The van der Waals surface area contributed by atoms with Gasteiger partial charge in [0.05, 0.1) is 10.6 Å². The highest BCUT2D eigenvalue weighted by molar-refractivity contribution is 7.91. The molecule has 0 bridgehead atoms. The van der Waals surface area contributed by atoms with Gasteiger partial charge in [-0.05, 0) is 24.7 Å². The molecule has 1 rings (SSSR count). The fourth-order valence-corrected chi connectivity index (χ4v) is 2.30. The van der Waals surface area contributed by atoms with Gasteiger partial charge in [-0.25, -0.2) is 12.8 Å². The van der Waals surface area contributed by atoms with Crippen LogP contribution in [0, 0.1) is 0 Å². The molecule has 1 N–H and O–H groups in total. The quantitative estimate of drug-likeness (QED) is 0.859. The summed E-state index contributed by atoms with van der Waals surface area (Å²) in [7, 11) is -1.60. The van der Waals surface area contributed by atoms with Crippen LogP contribution in [0.2, 0.25) is 0 Å². The van der Waals surface area contributed by atoms with Crippen LogP contribution in [0.4, 0.5) is 4.39 Å². The van der Waals surface area contributed by atoms with Crippen LogP contribution in [0.3, 0.4) is 0 Å². The molecule has 0 saturated heterocycles. The van der Waals surface area contributed by atoms with Crippen molar-refractivity contribution in [2.24, 2.45) is 0 Å². The molecule has 0 saturated carbocycles. The van der Waals surface area contributed by atoms with Crippen molar-refractivity contribution in [1.82, 2.24) is 5.32 Å². The van der Waals surface area contributed by atoms with E-state index in [1.54, 1.807) is 26.1 Å². The standard InChI is InChI=1S/C11H16FNO2S/c1-3-16(14,15)10-6-4-5-9(7-10)11(12)8-13-2/h4-7,11,13H,3,8H2,1-2H3. The molecule has 3 nitrogen and oxygen atoms in total. The lowest BCUT2D eigenvalue weighted by Gasteiger charge is -2.09. The minimum atomic E-state index is -3.26. The number of alkyl halides is 1. The van der Waals surface area contributed by atoms with Gasteiger partial charge in [0.15, 0.2) is 9.84 Å². The van der Waals surface area contributed by atoms with Gasteiger partial charge in [-0.3, -0.25) is 0 Å². The van der Waals surface area contributed by atoms with E-state index in [4.69, 9.17) is 0 Å². The lowest BCUT2D eigenvalue weighted by molar-refractivity contribution is 0.335. The predicted octanol–water partition coefficient (Wildman–Crippen LogP) is 1.71. The average molecular weight is 245 g/mol. The smallest absolute Gasteiger partial charge is 0.178 e. The van der Waals surface area contributed by atoms with Crippen molar-refractivity contribution in [3.63, 3.8) is 0 Å². The van der Waals surface area contributed by atoms with Crippen molar-refractivity contribution in [3.8, 4) is 0 Å². The van der Waals surface area contributed by atoms with E-state index in [9.17, 15) is 12.8 Å². The highest BCUT2D eigenvalue weighted by atomic mass is 32.2. The summed E-state index contributed by atoms with van der Waals surface area (Å²) < 4.78 is 36.7. The first-order valence-corrected chi connectivity index (χ1v) is 6.78. The second kappa shape index (κ2) is 5.41. The van der Waals surface area contributed by atoms with Gasteiger partial charge in [-0.1, -0.05) is 19.1 Å². The van der Waals surface area contributed by atoms with Crippen LogP contribution in [-0.4, -0.2) is 27.8 Å². The van der Waals surface area contributed by atoms with E-state index < -0.39 is 16.0 Å². The fourth-order valence-electron chi connectivity index (χ4n) is 1.37. The average Bonchev–Trinajstić information content (AvgIpc) is 2.29. The molecule has 1 unspecified atom stereocenters. The van der Waals surface area contributed by atoms with E-state index in [1.807, 2.05) is 0 Å². The molecule has 0 aromatic heterocycles. The Labute approximate surface area is 95.6 Å². The summed E-state index contributed by atoms with van der Waals surface area (Å²) in [5.74, 6) is 0.0272. The van der Waals surface area contributed by atoms with Crippen molar-refractivity contribution in [2.45, 2.75) is 18.0 Å². The molecule has 0 spiro atoms. The first-order valence-electron chi connectivity index (χ1n) is 5.12. The number of benzene rings is 1. The summed E-state index contributed by atoms with van der Waals surface area (Å²) in [6, 6.07) is 6.06. The Morgan fingerprint density at radius 2 is 2.12 bits per heavy atom. The van der Waals surface area contributed by atoms with Gasteiger partial charge in [0.25, 0.3) is 0 Å². The molecule has 0 amide bonds. The predicted molar refractivity (Wildman–Crippen MR) is 61.9 cm³/mol. The minimum absolute atomic E-state index is 0.0272. The second-order valence-corrected chi connectivity index (χ2v) is 5.78. The molecule has 16 heavy (non-hydrogen) atoms. The number of nitrogens with one attached hydrogen (secondary N) is 1. The number of halogens is 1. The van der Waals surface area contributed by atoms with Crippen molar-refractivity contribution in [1.29, 1.82) is 0 Å². The van der Waals surface area contributed by atoms with Crippen LogP contribution in [0.1, 0.15) is 18.7 Å². The first kappa shape index (κ1) is 13.1. The Morgan fingerprint density at radius 3 is 2.69 bits per heavy atom. The molecular formula is C11H16FNO2S. The van der Waals surface area contributed by atoms with Crippen LogP contribution < -0.4 is 5.32 Å². The largest absolute Gasteiger partial charge is 0.317 e. The lowest BCUT2D eigenvalue weighted by Crippen LogP contribution is -2.14. The molecule has 90 valence electrons. The first-order chi connectivity index (χ1) is 7.51. The third kappa shape index (κ3) is 3.02. The van der Waals surface area contributed by atoms with Crippen molar-refractivity contribution < 1.29 is 12.8 Å². The Morgan fingerprint density at radius 1 is 1.44 bits per heavy atom. The monoisotopic (exact) mass is 245 g/mol. The van der Waals surface area contributed by atoms with E-state index >= 15 is 0 Å². The van der Waals surface area contributed by atoms with Gasteiger partial charge >= 0.3 is 0 Å². The molecule has 1 aromatic rings. The highest BCUT2D eigenvalue weighted by Crippen LogP contribution is 2.20. The summed E-state index contributed by atoms with van der Waals surface area (Å²) in [4.78, 5) is 0.186. The fraction of sp³-hybridized carbons (Fsp3) is 0.455. The van der Waals surface area contributed by atoms with E-state index in [0.29, 0.717) is 5.56 Å². The molecule has 0 aliphatic heterocycles. The molecule has 1 atom stereocenters. The Bertz CT molecular complexity index is 445. The summed E-state index contributed by atoms with van der Waals surface area (Å²) >= 11 is 0. The number of sulfone groups is 1. The van der Waals surface area contributed by atoms with Gasteiger partial charge in [0.2, 0.25) is 0 Å². The van der Waals surface area contributed by atoms with Crippen molar-refractivity contribution in [3.05, 3.63) is 29.8 Å². The number of hydrogen-bond donors (Lipinski definition) is 1. The Kier molecular flexibility index (Phi) is 4.44. The van der Waals surface area contributed by atoms with E-state index in [2.05, 4.69) is 5.32 Å². The summed E-state index contributed by atoms with van der Waals surface area (Å²) in [6.45, 7) is 1.75. The summed E-state index contributed by atoms with van der Waals surface area (Å²) in [5, 5.41) is 2.71. The van der Waals surface area contributed by atoms with Gasteiger partial charge in [-0.2, -0.15) is 0 Å². The van der Waals surface area contributed by atoms with E-state index in [0.717, 1.165) is 0 Å². The molecule has 0 fully saturated rings. The molecule has 5 heteroatoms. The SMILES string of the molecule is CCS(=O)(=O)c1cccc(C(F)CNC)c1. The van der Waals surface area contributed by atoms with Crippen LogP contribution in [0.15, 0.2) is 29.2 Å². The van der Waals surface area contributed by atoms with Crippen molar-refractivity contribution in [2.75, 3.05) is 19.3 Å². The van der Waals surface area contributed by atoms with Crippen LogP contribution in [0.25, 0.3) is 0 Å². The zero-order valence-electron chi connectivity index (χ0n) is 9.40. The number of rotatable bonds is 5. The zero-order valence-corrected chi connectivity index (χ0v) is 10.2. The number of likely N-dealkylation sites (N-methyl/N-ethyl adjacent to an activating group) is 1. The maximum atomic E-state index is 13.6. The van der Waals surface area contributed by atoms with Crippen LogP contribution in [-0.2, 0) is 9.84 Å². The highest BCUT2D eigenvalue weighted by Gasteiger charge is 2.15.